The lowest BCUT2D eigenvalue weighted by Crippen LogP contribution is -2.49. The minimum atomic E-state index is 0.0634. The standard InChI is InChI=1S/C18H18N4O3/c1-11-15(12(2)24-20-11)8-16(23)22-9-14(10-22)18-19-17(21-25-18)13-6-4-3-5-7-13/h3-7,14H,8-10H2,1-2H3. The molecule has 0 spiro atoms. The zero-order valence-electron chi connectivity index (χ0n) is 14.1. The summed E-state index contributed by atoms with van der Waals surface area (Å²) in [5.41, 5.74) is 2.56. The first-order chi connectivity index (χ1) is 12.1. The van der Waals surface area contributed by atoms with E-state index >= 15 is 0 Å². The highest BCUT2D eigenvalue weighted by atomic mass is 16.5. The van der Waals surface area contributed by atoms with Crippen LogP contribution in [0.25, 0.3) is 11.4 Å². The maximum atomic E-state index is 12.4. The Labute approximate surface area is 144 Å². The fraction of sp³-hybridized carbons (Fsp3) is 0.333. The average Bonchev–Trinajstić information content (AvgIpc) is 3.17. The summed E-state index contributed by atoms with van der Waals surface area (Å²) in [6.07, 6.45) is 0.312. The first-order valence-corrected chi connectivity index (χ1v) is 8.20. The van der Waals surface area contributed by atoms with E-state index in [1.54, 1.807) is 4.90 Å². The van der Waals surface area contributed by atoms with E-state index in [1.165, 1.54) is 0 Å². The van der Waals surface area contributed by atoms with E-state index in [4.69, 9.17) is 9.05 Å². The van der Waals surface area contributed by atoms with Crippen LogP contribution < -0.4 is 0 Å². The van der Waals surface area contributed by atoms with E-state index in [-0.39, 0.29) is 11.8 Å². The lowest BCUT2D eigenvalue weighted by Gasteiger charge is -2.37. The van der Waals surface area contributed by atoms with Crippen LogP contribution in [0.15, 0.2) is 39.4 Å². The molecule has 7 heteroatoms. The molecule has 1 aliphatic heterocycles. The summed E-state index contributed by atoms with van der Waals surface area (Å²) in [6, 6.07) is 9.69. The van der Waals surface area contributed by atoms with E-state index in [2.05, 4.69) is 15.3 Å². The van der Waals surface area contributed by atoms with Gasteiger partial charge in [0.2, 0.25) is 17.6 Å². The summed E-state index contributed by atoms with van der Waals surface area (Å²) >= 11 is 0. The maximum Gasteiger partial charge on any atom is 0.233 e. The maximum absolute atomic E-state index is 12.4. The van der Waals surface area contributed by atoms with Crippen molar-refractivity contribution >= 4 is 5.91 Å². The Morgan fingerprint density at radius 3 is 2.60 bits per heavy atom. The Kier molecular flexibility index (Phi) is 3.83. The summed E-state index contributed by atoms with van der Waals surface area (Å²) in [7, 11) is 0. The van der Waals surface area contributed by atoms with Crippen molar-refractivity contribution in [1.82, 2.24) is 20.2 Å². The van der Waals surface area contributed by atoms with E-state index in [9.17, 15) is 4.79 Å². The number of aromatic nitrogens is 3. The molecule has 1 aromatic carbocycles. The number of aryl methyl sites for hydroxylation is 2. The Balaban J connectivity index is 1.38. The van der Waals surface area contributed by atoms with Crippen molar-refractivity contribution in [3.8, 4) is 11.4 Å². The molecular weight excluding hydrogens is 320 g/mol. The molecular formula is C18H18N4O3. The number of carbonyl (C=O) groups excluding carboxylic acids is 1. The number of amides is 1. The molecule has 0 radical (unpaired) electrons. The van der Waals surface area contributed by atoms with Gasteiger partial charge in [-0.2, -0.15) is 4.98 Å². The number of carbonyl (C=O) groups is 1. The molecule has 0 unspecified atom stereocenters. The molecule has 0 saturated carbocycles. The van der Waals surface area contributed by atoms with Crippen molar-refractivity contribution < 1.29 is 13.8 Å². The van der Waals surface area contributed by atoms with Gasteiger partial charge in [0.1, 0.15) is 5.76 Å². The van der Waals surface area contributed by atoms with Crippen LogP contribution in [0, 0.1) is 13.8 Å². The molecule has 0 atom stereocenters. The molecule has 7 nitrogen and oxygen atoms in total. The predicted molar refractivity (Wildman–Crippen MR) is 88.7 cm³/mol. The molecule has 1 saturated heterocycles. The summed E-state index contributed by atoms with van der Waals surface area (Å²) in [5, 5.41) is 7.92. The molecule has 25 heavy (non-hydrogen) atoms. The second-order valence-electron chi connectivity index (χ2n) is 6.30. The predicted octanol–water partition coefficient (Wildman–Crippen LogP) is 2.51. The number of hydrogen-bond donors (Lipinski definition) is 0. The van der Waals surface area contributed by atoms with Crippen molar-refractivity contribution in [2.75, 3.05) is 13.1 Å². The number of benzene rings is 1. The zero-order valence-corrected chi connectivity index (χ0v) is 14.1. The first-order valence-electron chi connectivity index (χ1n) is 8.20. The van der Waals surface area contributed by atoms with E-state index in [0.29, 0.717) is 37.0 Å². The third-order valence-electron chi connectivity index (χ3n) is 4.57. The molecule has 3 heterocycles. The Hall–Kier alpha value is -2.96. The highest BCUT2D eigenvalue weighted by molar-refractivity contribution is 5.80. The quantitative estimate of drug-likeness (QED) is 0.726. The van der Waals surface area contributed by atoms with Gasteiger partial charge < -0.3 is 13.9 Å². The fourth-order valence-corrected chi connectivity index (χ4v) is 2.96. The lowest BCUT2D eigenvalue weighted by molar-refractivity contribution is -0.135. The Morgan fingerprint density at radius 2 is 1.92 bits per heavy atom. The molecule has 4 rings (SSSR count). The third-order valence-corrected chi connectivity index (χ3v) is 4.57. The molecule has 0 bridgehead atoms. The second-order valence-corrected chi connectivity index (χ2v) is 6.30. The van der Waals surface area contributed by atoms with Crippen LogP contribution in [0.1, 0.15) is 28.8 Å². The van der Waals surface area contributed by atoms with Gasteiger partial charge in [-0.3, -0.25) is 4.79 Å². The van der Waals surface area contributed by atoms with Crippen LogP contribution in [-0.4, -0.2) is 39.2 Å². The smallest absolute Gasteiger partial charge is 0.233 e. The molecule has 1 fully saturated rings. The van der Waals surface area contributed by atoms with Gasteiger partial charge in [-0.25, -0.2) is 0 Å². The van der Waals surface area contributed by atoms with Crippen LogP contribution in [0.3, 0.4) is 0 Å². The van der Waals surface area contributed by atoms with Crippen molar-refractivity contribution in [1.29, 1.82) is 0 Å². The number of hydrogen-bond acceptors (Lipinski definition) is 6. The normalized spacial score (nSPS) is 14.6. The summed E-state index contributed by atoms with van der Waals surface area (Å²) in [5.74, 6) is 2.02. The summed E-state index contributed by atoms with van der Waals surface area (Å²) in [4.78, 5) is 18.6. The largest absolute Gasteiger partial charge is 0.361 e. The van der Waals surface area contributed by atoms with Gasteiger partial charge in [0.05, 0.1) is 18.0 Å². The zero-order chi connectivity index (χ0) is 17.4. The van der Waals surface area contributed by atoms with Crippen LogP contribution in [-0.2, 0) is 11.2 Å². The minimum absolute atomic E-state index is 0.0634. The summed E-state index contributed by atoms with van der Waals surface area (Å²) in [6.45, 7) is 4.86. The number of likely N-dealkylation sites (tertiary alicyclic amines) is 1. The van der Waals surface area contributed by atoms with E-state index < -0.39 is 0 Å². The molecule has 0 N–H and O–H groups in total. The Bertz CT molecular complexity index is 875. The first kappa shape index (κ1) is 15.6. The monoisotopic (exact) mass is 338 g/mol. The van der Waals surface area contributed by atoms with E-state index in [1.807, 2.05) is 44.2 Å². The molecule has 128 valence electrons. The van der Waals surface area contributed by atoms with Gasteiger partial charge in [-0.05, 0) is 13.8 Å². The molecule has 2 aromatic heterocycles. The second kappa shape index (κ2) is 6.16. The van der Waals surface area contributed by atoms with Gasteiger partial charge >= 0.3 is 0 Å². The van der Waals surface area contributed by atoms with Crippen LogP contribution in [0.5, 0.6) is 0 Å². The highest BCUT2D eigenvalue weighted by Crippen LogP contribution is 2.28. The average molecular weight is 338 g/mol. The van der Waals surface area contributed by atoms with Crippen molar-refractivity contribution in [3.63, 3.8) is 0 Å². The van der Waals surface area contributed by atoms with Crippen molar-refractivity contribution in [2.24, 2.45) is 0 Å². The number of nitrogens with zero attached hydrogens (tertiary/aromatic N) is 4. The number of rotatable bonds is 4. The third kappa shape index (κ3) is 2.93. The highest BCUT2D eigenvalue weighted by Gasteiger charge is 2.36. The van der Waals surface area contributed by atoms with Gasteiger partial charge in [0.15, 0.2) is 0 Å². The van der Waals surface area contributed by atoms with Crippen LogP contribution in [0.4, 0.5) is 0 Å². The van der Waals surface area contributed by atoms with Gasteiger partial charge in [-0.1, -0.05) is 40.6 Å². The lowest BCUT2D eigenvalue weighted by atomic mass is 9.98. The summed E-state index contributed by atoms with van der Waals surface area (Å²) < 4.78 is 10.5. The SMILES string of the molecule is Cc1noc(C)c1CC(=O)N1CC(c2nc(-c3ccccc3)no2)C1. The fourth-order valence-electron chi connectivity index (χ4n) is 2.96. The van der Waals surface area contributed by atoms with Gasteiger partial charge in [0.25, 0.3) is 0 Å². The van der Waals surface area contributed by atoms with Crippen molar-refractivity contribution in [3.05, 3.63) is 53.2 Å². The topological polar surface area (TPSA) is 85.3 Å². The molecule has 3 aromatic rings. The van der Waals surface area contributed by atoms with E-state index in [0.717, 1.165) is 16.8 Å². The van der Waals surface area contributed by atoms with Gasteiger partial charge in [-0.15, -0.1) is 0 Å². The Morgan fingerprint density at radius 1 is 1.16 bits per heavy atom. The minimum Gasteiger partial charge on any atom is -0.361 e. The molecule has 1 amide bonds. The van der Waals surface area contributed by atoms with Gasteiger partial charge in [0, 0.05) is 24.2 Å². The van der Waals surface area contributed by atoms with Crippen LogP contribution >= 0.6 is 0 Å². The van der Waals surface area contributed by atoms with Crippen molar-refractivity contribution in [2.45, 2.75) is 26.2 Å². The molecule has 0 aliphatic carbocycles. The molecule has 1 aliphatic rings. The van der Waals surface area contributed by atoms with Crippen LogP contribution in [0.2, 0.25) is 0 Å².